The SMILES string of the molecule is CCOc1ccc(CNC(=O)C(=O)Nc2cnn(-c3ccccc3)c2)cc1F. The summed E-state index contributed by atoms with van der Waals surface area (Å²) in [4.78, 5) is 24.0. The Balaban J connectivity index is 1.54. The van der Waals surface area contributed by atoms with E-state index in [1.54, 1.807) is 23.9 Å². The number of amides is 2. The van der Waals surface area contributed by atoms with Crippen molar-refractivity contribution in [1.82, 2.24) is 15.1 Å². The van der Waals surface area contributed by atoms with Crippen molar-refractivity contribution in [2.45, 2.75) is 13.5 Å². The van der Waals surface area contributed by atoms with Crippen molar-refractivity contribution in [3.63, 3.8) is 0 Å². The number of hydrogen-bond acceptors (Lipinski definition) is 4. The molecule has 8 heteroatoms. The van der Waals surface area contributed by atoms with Gasteiger partial charge in [0, 0.05) is 6.54 Å². The van der Waals surface area contributed by atoms with Crippen molar-refractivity contribution in [2.24, 2.45) is 0 Å². The Labute approximate surface area is 161 Å². The Kier molecular flexibility index (Phi) is 6.01. The fourth-order valence-electron chi connectivity index (χ4n) is 2.49. The number of aromatic nitrogens is 2. The van der Waals surface area contributed by atoms with Crippen molar-refractivity contribution in [2.75, 3.05) is 11.9 Å². The second kappa shape index (κ2) is 8.81. The summed E-state index contributed by atoms with van der Waals surface area (Å²) in [5.41, 5.74) is 1.72. The summed E-state index contributed by atoms with van der Waals surface area (Å²) in [6, 6.07) is 13.7. The molecule has 0 spiro atoms. The van der Waals surface area contributed by atoms with Gasteiger partial charge in [0.2, 0.25) is 0 Å². The topological polar surface area (TPSA) is 85.2 Å². The number of anilines is 1. The zero-order valence-electron chi connectivity index (χ0n) is 15.2. The minimum absolute atomic E-state index is 0.0128. The van der Waals surface area contributed by atoms with Crippen LogP contribution in [0.1, 0.15) is 12.5 Å². The van der Waals surface area contributed by atoms with E-state index in [0.717, 1.165) is 5.69 Å². The van der Waals surface area contributed by atoms with Gasteiger partial charge in [0.1, 0.15) is 0 Å². The van der Waals surface area contributed by atoms with Crippen LogP contribution >= 0.6 is 0 Å². The number of ether oxygens (including phenoxy) is 1. The van der Waals surface area contributed by atoms with Crippen molar-refractivity contribution in [1.29, 1.82) is 0 Å². The molecule has 3 aromatic rings. The number of halogens is 1. The fourth-order valence-corrected chi connectivity index (χ4v) is 2.49. The molecule has 0 saturated heterocycles. The van der Waals surface area contributed by atoms with Crippen LogP contribution in [0.5, 0.6) is 5.75 Å². The van der Waals surface area contributed by atoms with E-state index in [2.05, 4.69) is 15.7 Å². The second-order valence-electron chi connectivity index (χ2n) is 5.84. The lowest BCUT2D eigenvalue weighted by molar-refractivity contribution is -0.136. The quantitative estimate of drug-likeness (QED) is 0.642. The maximum Gasteiger partial charge on any atom is 0.313 e. The molecule has 2 amide bonds. The van der Waals surface area contributed by atoms with Gasteiger partial charge >= 0.3 is 11.8 Å². The normalized spacial score (nSPS) is 10.4. The molecule has 1 aromatic heterocycles. The first-order valence-corrected chi connectivity index (χ1v) is 8.67. The summed E-state index contributed by atoms with van der Waals surface area (Å²) in [5.74, 6) is -2.04. The minimum Gasteiger partial charge on any atom is -0.491 e. The lowest BCUT2D eigenvalue weighted by atomic mass is 10.2. The molecule has 0 fully saturated rings. The van der Waals surface area contributed by atoms with Crippen LogP contribution in [-0.4, -0.2) is 28.2 Å². The Morgan fingerprint density at radius 3 is 2.64 bits per heavy atom. The molecule has 0 bridgehead atoms. The first kappa shape index (κ1) is 19.1. The number of nitrogens with zero attached hydrogens (tertiary/aromatic N) is 2. The Morgan fingerprint density at radius 2 is 1.93 bits per heavy atom. The van der Waals surface area contributed by atoms with Crippen LogP contribution < -0.4 is 15.4 Å². The standard InChI is InChI=1S/C20H19FN4O3/c1-2-28-18-9-8-14(10-17(18)21)11-22-19(26)20(27)24-15-12-23-25(13-15)16-6-4-3-5-7-16/h3-10,12-13H,2,11H2,1H3,(H,22,26)(H,24,27). The fraction of sp³-hybridized carbons (Fsp3) is 0.150. The molecule has 3 rings (SSSR count). The third kappa shape index (κ3) is 4.73. The highest BCUT2D eigenvalue weighted by Gasteiger charge is 2.15. The third-order valence-electron chi connectivity index (χ3n) is 3.82. The molecular formula is C20H19FN4O3. The van der Waals surface area contributed by atoms with Gasteiger partial charge in [0.25, 0.3) is 0 Å². The molecule has 0 saturated carbocycles. The molecule has 2 aromatic carbocycles. The number of rotatable bonds is 6. The molecule has 0 atom stereocenters. The van der Waals surface area contributed by atoms with Gasteiger partial charge in [0.05, 0.1) is 30.4 Å². The molecule has 28 heavy (non-hydrogen) atoms. The number of hydrogen-bond donors (Lipinski definition) is 2. The Bertz CT molecular complexity index is 973. The smallest absolute Gasteiger partial charge is 0.313 e. The van der Waals surface area contributed by atoms with E-state index in [-0.39, 0.29) is 12.3 Å². The van der Waals surface area contributed by atoms with Gasteiger partial charge in [-0.15, -0.1) is 0 Å². The number of carbonyl (C=O) groups is 2. The van der Waals surface area contributed by atoms with Crippen LogP contribution in [-0.2, 0) is 16.1 Å². The molecule has 0 aliphatic rings. The summed E-state index contributed by atoms with van der Waals surface area (Å²) >= 11 is 0. The Morgan fingerprint density at radius 1 is 1.14 bits per heavy atom. The lowest BCUT2D eigenvalue weighted by Gasteiger charge is -2.08. The van der Waals surface area contributed by atoms with E-state index in [0.29, 0.717) is 17.9 Å². The molecule has 2 N–H and O–H groups in total. The van der Waals surface area contributed by atoms with Crippen LogP contribution in [0.3, 0.4) is 0 Å². The van der Waals surface area contributed by atoms with E-state index in [1.807, 2.05) is 30.3 Å². The predicted octanol–water partition coefficient (Wildman–Crippen LogP) is 2.67. The number of carbonyl (C=O) groups excluding carboxylic acids is 2. The molecule has 7 nitrogen and oxygen atoms in total. The molecule has 0 aliphatic heterocycles. The lowest BCUT2D eigenvalue weighted by Crippen LogP contribution is -2.34. The van der Waals surface area contributed by atoms with Gasteiger partial charge < -0.3 is 15.4 Å². The monoisotopic (exact) mass is 382 g/mol. The first-order valence-electron chi connectivity index (χ1n) is 8.67. The summed E-state index contributed by atoms with van der Waals surface area (Å²) in [6.45, 7) is 2.13. The number of benzene rings is 2. The zero-order chi connectivity index (χ0) is 19.9. The first-order chi connectivity index (χ1) is 13.6. The van der Waals surface area contributed by atoms with E-state index in [1.165, 1.54) is 18.3 Å². The number of nitrogens with one attached hydrogen (secondary N) is 2. The molecule has 1 heterocycles. The number of para-hydroxylation sites is 1. The summed E-state index contributed by atoms with van der Waals surface area (Å²) < 4.78 is 20.5. The minimum atomic E-state index is -0.834. The highest BCUT2D eigenvalue weighted by atomic mass is 19.1. The largest absolute Gasteiger partial charge is 0.491 e. The van der Waals surface area contributed by atoms with Gasteiger partial charge in [-0.2, -0.15) is 5.10 Å². The van der Waals surface area contributed by atoms with Crippen molar-refractivity contribution in [3.05, 3.63) is 72.3 Å². The van der Waals surface area contributed by atoms with Gasteiger partial charge in [-0.1, -0.05) is 24.3 Å². The van der Waals surface area contributed by atoms with Gasteiger partial charge in [-0.25, -0.2) is 9.07 Å². The summed E-state index contributed by atoms with van der Waals surface area (Å²) in [5, 5.41) is 9.07. The van der Waals surface area contributed by atoms with Gasteiger partial charge in [-0.05, 0) is 36.8 Å². The molecular weight excluding hydrogens is 363 g/mol. The van der Waals surface area contributed by atoms with Crippen LogP contribution in [0, 0.1) is 5.82 Å². The zero-order valence-corrected chi connectivity index (χ0v) is 15.2. The van der Waals surface area contributed by atoms with E-state index >= 15 is 0 Å². The highest BCUT2D eigenvalue weighted by Crippen LogP contribution is 2.18. The van der Waals surface area contributed by atoms with E-state index in [9.17, 15) is 14.0 Å². The Hall–Kier alpha value is -3.68. The van der Waals surface area contributed by atoms with Crippen LogP contribution in [0.4, 0.5) is 10.1 Å². The van der Waals surface area contributed by atoms with Gasteiger partial charge in [-0.3, -0.25) is 9.59 Å². The molecule has 0 unspecified atom stereocenters. The van der Waals surface area contributed by atoms with E-state index in [4.69, 9.17) is 4.74 Å². The summed E-state index contributed by atoms with van der Waals surface area (Å²) in [7, 11) is 0. The maximum absolute atomic E-state index is 13.8. The third-order valence-corrected chi connectivity index (χ3v) is 3.82. The highest BCUT2D eigenvalue weighted by molar-refractivity contribution is 6.39. The average molecular weight is 382 g/mol. The molecule has 144 valence electrons. The molecule has 0 radical (unpaired) electrons. The van der Waals surface area contributed by atoms with Crippen molar-refractivity contribution >= 4 is 17.5 Å². The van der Waals surface area contributed by atoms with Gasteiger partial charge in [0.15, 0.2) is 11.6 Å². The van der Waals surface area contributed by atoms with E-state index < -0.39 is 17.6 Å². The van der Waals surface area contributed by atoms with Crippen LogP contribution in [0.2, 0.25) is 0 Å². The summed E-state index contributed by atoms with van der Waals surface area (Å²) in [6.07, 6.45) is 3.04. The van der Waals surface area contributed by atoms with Crippen LogP contribution in [0.25, 0.3) is 5.69 Å². The van der Waals surface area contributed by atoms with Crippen molar-refractivity contribution < 1.29 is 18.7 Å². The molecule has 0 aliphatic carbocycles. The predicted molar refractivity (Wildman–Crippen MR) is 102 cm³/mol. The second-order valence-corrected chi connectivity index (χ2v) is 5.84. The van der Waals surface area contributed by atoms with Crippen molar-refractivity contribution in [3.8, 4) is 11.4 Å². The van der Waals surface area contributed by atoms with Crippen LogP contribution in [0.15, 0.2) is 60.9 Å². The maximum atomic E-state index is 13.8. The average Bonchev–Trinajstić information content (AvgIpc) is 3.17.